The third-order valence-electron chi connectivity index (χ3n) is 2.82. The minimum absolute atomic E-state index is 0. The number of carbonyl (C=O) groups is 1. The van der Waals surface area contributed by atoms with Crippen LogP contribution in [0.4, 0.5) is 0 Å². The monoisotopic (exact) mass is 220 g/mol. The third kappa shape index (κ3) is 0.625. The summed E-state index contributed by atoms with van der Waals surface area (Å²) >= 11 is 0. The van der Waals surface area contributed by atoms with E-state index in [0.717, 1.165) is 0 Å². The first-order valence-corrected chi connectivity index (χ1v) is 3.98. The summed E-state index contributed by atoms with van der Waals surface area (Å²) in [5.74, 6) is -0.403. The smallest absolute Gasteiger partial charge is 0.181 e. The summed E-state index contributed by atoms with van der Waals surface area (Å²) in [6.45, 7) is 0. The molecule has 1 unspecified atom stereocenters. The molecule has 0 spiro atoms. The van der Waals surface area contributed by atoms with Crippen molar-refractivity contribution in [1.82, 2.24) is 0 Å². The number of Topliss-reactive ketones (excluding diaryl/α,β-unsaturated/α-hetero) is 1. The van der Waals surface area contributed by atoms with Gasteiger partial charge in [0.05, 0.1) is 0 Å². The average molecular weight is 220 g/mol. The third-order valence-corrected chi connectivity index (χ3v) is 2.82. The number of fused-ring (bicyclic) bond motifs is 3. The van der Waals surface area contributed by atoms with E-state index in [1.165, 1.54) is 0 Å². The molecule has 4 rings (SSSR count). The zero-order valence-electron chi connectivity index (χ0n) is 6.75. The van der Waals surface area contributed by atoms with Gasteiger partial charge in [0.2, 0.25) is 0 Å². The molecule has 1 atom stereocenters. The van der Waals surface area contributed by atoms with Crippen LogP contribution in [0.15, 0.2) is 9.59 Å². The van der Waals surface area contributed by atoms with Crippen molar-refractivity contribution in [2.24, 2.45) is 5.92 Å². The van der Waals surface area contributed by atoms with Crippen LogP contribution in [0.5, 0.6) is 0 Å². The Bertz CT molecular complexity index is 836. The molecule has 0 aromatic heterocycles. The molecular formula is C10HO3V-. The van der Waals surface area contributed by atoms with Gasteiger partial charge in [0.15, 0.2) is 11.2 Å². The molecule has 3 nitrogen and oxygen atoms in total. The molecule has 0 saturated heterocycles. The Labute approximate surface area is 88.3 Å². The van der Waals surface area contributed by atoms with Crippen LogP contribution in [0.2, 0.25) is 0 Å². The molecule has 14 heavy (non-hydrogen) atoms. The number of carbonyl (C=O) groups excluding carboxylic acids is 1. The summed E-state index contributed by atoms with van der Waals surface area (Å²) in [5.41, 5.74) is 0.378. The number of rotatable bonds is 0. The molecule has 0 heterocycles. The van der Waals surface area contributed by atoms with Crippen LogP contribution >= 0.6 is 0 Å². The Morgan fingerprint density at radius 2 is 1.64 bits per heavy atom. The predicted molar refractivity (Wildman–Crippen MR) is 42.4 cm³/mol. The fraction of sp³-hybridized carbons (Fsp3) is 0.100. The zero-order valence-corrected chi connectivity index (χ0v) is 8.15. The van der Waals surface area contributed by atoms with Crippen LogP contribution in [0.3, 0.4) is 0 Å². The van der Waals surface area contributed by atoms with E-state index < -0.39 is 0 Å². The zero-order chi connectivity index (χ0) is 8.90. The molecule has 0 N–H and O–H groups in total. The number of hydrogen-bond acceptors (Lipinski definition) is 3. The van der Waals surface area contributed by atoms with E-state index in [9.17, 15) is 14.4 Å². The molecule has 2 aliphatic rings. The van der Waals surface area contributed by atoms with Crippen LogP contribution in [0, 0.1) is 16.4 Å². The van der Waals surface area contributed by atoms with E-state index in [2.05, 4.69) is 6.08 Å². The number of ketones is 1. The molecule has 0 amide bonds. The largest absolute Gasteiger partial charge is 0.380 e. The van der Waals surface area contributed by atoms with Crippen LogP contribution in [0.25, 0.3) is 11.6 Å². The van der Waals surface area contributed by atoms with Crippen molar-refractivity contribution in [2.45, 2.75) is 0 Å². The minimum Gasteiger partial charge on any atom is -0.380 e. The molecule has 2 aliphatic carbocycles. The van der Waals surface area contributed by atoms with Crippen molar-refractivity contribution in [3.05, 3.63) is 41.3 Å². The summed E-state index contributed by atoms with van der Waals surface area (Å²) in [7, 11) is 0. The number of hydrogen-bond donors (Lipinski definition) is 0. The second-order valence-corrected chi connectivity index (χ2v) is 3.51. The Hall–Kier alpha value is -1.19. The van der Waals surface area contributed by atoms with Crippen molar-refractivity contribution >= 4 is 17.4 Å². The summed E-state index contributed by atoms with van der Waals surface area (Å²) in [6, 6.07) is 0. The molecule has 2 aromatic rings. The van der Waals surface area contributed by atoms with E-state index in [4.69, 9.17) is 0 Å². The van der Waals surface area contributed by atoms with E-state index in [-0.39, 0.29) is 41.1 Å². The van der Waals surface area contributed by atoms with Crippen molar-refractivity contribution in [3.63, 3.8) is 0 Å². The van der Waals surface area contributed by atoms with E-state index in [1.54, 1.807) is 0 Å². The van der Waals surface area contributed by atoms with Crippen LogP contribution in [-0.4, -0.2) is 5.78 Å². The van der Waals surface area contributed by atoms with Gasteiger partial charge in [-0.1, -0.05) is 0 Å². The molecule has 2 aromatic carbocycles. The molecule has 1 radical (unpaired) electrons. The summed E-state index contributed by atoms with van der Waals surface area (Å²) < 4.78 is 0. The maximum atomic E-state index is 11.2. The second-order valence-electron chi connectivity index (χ2n) is 3.51. The van der Waals surface area contributed by atoms with Crippen molar-refractivity contribution in [2.75, 3.05) is 0 Å². The van der Waals surface area contributed by atoms with Gasteiger partial charge in [-0.05, 0) is 5.22 Å². The molecule has 1 saturated carbocycles. The standard InChI is InChI=1S/C10HO3.V/c11-8-2-1-3-5(9(3)12)7-6(4(2)8)10(7)13;/h2H;/q-1;. The van der Waals surface area contributed by atoms with Gasteiger partial charge >= 0.3 is 0 Å². The van der Waals surface area contributed by atoms with Gasteiger partial charge in [-0.2, -0.15) is 11.3 Å². The van der Waals surface area contributed by atoms with Gasteiger partial charge in [-0.3, -0.25) is 9.59 Å². The van der Waals surface area contributed by atoms with E-state index in [0.29, 0.717) is 26.4 Å². The quantitative estimate of drug-likeness (QED) is 0.460. The molecule has 0 bridgehead atoms. The predicted octanol–water partition coefficient (Wildman–Crippen LogP) is -2.54. The Kier molecular flexibility index (Phi) is 1.12. The summed E-state index contributed by atoms with van der Waals surface area (Å²) in [4.78, 5) is 33.4. The van der Waals surface area contributed by atoms with Crippen LogP contribution in [-0.2, 0) is 23.4 Å². The topological polar surface area (TPSA) is 51.2 Å². The maximum Gasteiger partial charge on any atom is 0.181 e. The first kappa shape index (κ1) is 8.15. The van der Waals surface area contributed by atoms with Crippen molar-refractivity contribution in [1.29, 1.82) is 0 Å². The molecule has 65 valence electrons. The Morgan fingerprint density at radius 3 is 2.36 bits per heavy atom. The summed E-state index contributed by atoms with van der Waals surface area (Å²) in [5, 5.41) is 2.01. The first-order chi connectivity index (χ1) is 6.22. The summed E-state index contributed by atoms with van der Waals surface area (Å²) in [6.07, 6.45) is 2.82. The molecular weight excluding hydrogens is 219 g/mol. The van der Waals surface area contributed by atoms with Gasteiger partial charge in [0, 0.05) is 40.7 Å². The average Bonchev–Trinajstić information content (AvgIpc) is 2.96. The fourth-order valence-electron chi connectivity index (χ4n) is 1.96. The SMILES string of the molecule is O=C1C2=c3c(=O)c3=c3c(=O)c3=[C-]C12.[V]. The van der Waals surface area contributed by atoms with Gasteiger partial charge < -0.3 is 4.79 Å². The van der Waals surface area contributed by atoms with Gasteiger partial charge in [-0.15, -0.1) is 5.22 Å². The van der Waals surface area contributed by atoms with Crippen molar-refractivity contribution in [3.8, 4) is 0 Å². The first-order valence-electron chi connectivity index (χ1n) is 3.98. The fourth-order valence-corrected chi connectivity index (χ4v) is 1.96. The minimum atomic E-state index is -0.365. The second kappa shape index (κ2) is 1.92. The maximum absolute atomic E-state index is 11.2. The van der Waals surface area contributed by atoms with Gasteiger partial charge in [-0.25, -0.2) is 0 Å². The Morgan fingerprint density at radius 1 is 0.929 bits per heavy atom. The van der Waals surface area contributed by atoms with E-state index >= 15 is 0 Å². The molecule has 1 fully saturated rings. The van der Waals surface area contributed by atoms with Crippen LogP contribution in [0.1, 0.15) is 0 Å². The Balaban J connectivity index is 0.000000640. The molecule has 0 aliphatic heterocycles. The van der Waals surface area contributed by atoms with Crippen molar-refractivity contribution < 1.29 is 23.4 Å². The van der Waals surface area contributed by atoms with E-state index in [1.807, 2.05) is 0 Å². The van der Waals surface area contributed by atoms with Crippen LogP contribution < -0.4 is 21.3 Å². The van der Waals surface area contributed by atoms with Gasteiger partial charge in [0.25, 0.3) is 0 Å². The normalized spacial score (nSPS) is 22.1. The van der Waals surface area contributed by atoms with Gasteiger partial charge in [0.1, 0.15) is 0 Å². The molecule has 4 heteroatoms.